The quantitative estimate of drug-likeness (QED) is 0.588. The molecule has 0 atom stereocenters. The van der Waals surface area contributed by atoms with Gasteiger partial charge in [-0.2, -0.15) is 0 Å². The number of aliphatic hydroxyl groups is 3. The van der Waals surface area contributed by atoms with E-state index in [-0.39, 0.29) is 19.8 Å². The second-order valence-corrected chi connectivity index (χ2v) is 4.17. The highest BCUT2D eigenvalue weighted by molar-refractivity contribution is 4.74. The van der Waals surface area contributed by atoms with E-state index in [0.717, 1.165) is 39.6 Å². The van der Waals surface area contributed by atoms with Gasteiger partial charge in [0, 0.05) is 5.41 Å². The largest absolute Gasteiger partial charge is 0.396 e. The first-order valence-electron chi connectivity index (χ1n) is 6.30. The number of epoxide rings is 3. The van der Waals surface area contributed by atoms with Crippen molar-refractivity contribution >= 4 is 0 Å². The van der Waals surface area contributed by atoms with Crippen LogP contribution < -0.4 is 0 Å². The monoisotopic (exact) mass is 266 g/mol. The second-order valence-electron chi connectivity index (χ2n) is 4.17. The number of aliphatic hydroxyl groups excluding tert-OH is 3. The van der Waals surface area contributed by atoms with Crippen LogP contribution in [-0.4, -0.2) is 74.8 Å². The predicted octanol–water partition coefficient (Wildman–Crippen LogP) is -0.590. The molecule has 0 saturated carbocycles. The van der Waals surface area contributed by atoms with Crippen LogP contribution in [0.4, 0.5) is 0 Å². The summed E-state index contributed by atoms with van der Waals surface area (Å²) in [6.07, 6.45) is 0.594. The van der Waals surface area contributed by atoms with E-state index in [2.05, 4.69) is 14.2 Å². The third-order valence-electron chi connectivity index (χ3n) is 2.37. The van der Waals surface area contributed by atoms with Crippen molar-refractivity contribution in [1.82, 2.24) is 0 Å². The molecule has 0 aliphatic carbocycles. The Bertz CT molecular complexity index is 126. The summed E-state index contributed by atoms with van der Waals surface area (Å²) < 4.78 is 13.5. The molecule has 6 heteroatoms. The molecule has 18 heavy (non-hydrogen) atoms. The highest BCUT2D eigenvalue weighted by atomic mass is 16.6. The minimum absolute atomic E-state index is 0.156. The van der Waals surface area contributed by atoms with E-state index in [1.54, 1.807) is 0 Å². The van der Waals surface area contributed by atoms with Gasteiger partial charge in [0.1, 0.15) is 0 Å². The Hall–Kier alpha value is -0.240. The molecule has 0 amide bonds. The summed E-state index contributed by atoms with van der Waals surface area (Å²) in [5.41, 5.74) is -0.667. The Kier molecular flexibility index (Phi) is 11.7. The molecule has 6 nitrogen and oxygen atoms in total. The van der Waals surface area contributed by atoms with E-state index in [9.17, 15) is 0 Å². The first-order valence-corrected chi connectivity index (χ1v) is 6.30. The molecule has 3 fully saturated rings. The zero-order valence-corrected chi connectivity index (χ0v) is 11.1. The Morgan fingerprint density at radius 3 is 0.944 bits per heavy atom. The van der Waals surface area contributed by atoms with Gasteiger partial charge in [0.2, 0.25) is 0 Å². The van der Waals surface area contributed by atoms with Crippen molar-refractivity contribution in [3.8, 4) is 0 Å². The summed E-state index contributed by atoms with van der Waals surface area (Å²) in [6.45, 7) is 7.35. The minimum Gasteiger partial charge on any atom is -0.396 e. The molecular formula is C12H26O6. The smallest absolute Gasteiger partial charge is 0.0701 e. The molecule has 110 valence electrons. The van der Waals surface area contributed by atoms with Crippen LogP contribution in [0.25, 0.3) is 0 Å². The average Bonchev–Trinajstić information content (AvgIpc) is 3.34. The van der Waals surface area contributed by atoms with Crippen LogP contribution in [0.1, 0.15) is 13.3 Å². The van der Waals surface area contributed by atoms with Crippen LogP contribution in [0.3, 0.4) is 0 Å². The van der Waals surface area contributed by atoms with E-state index in [4.69, 9.17) is 15.3 Å². The Morgan fingerprint density at radius 1 is 0.722 bits per heavy atom. The lowest BCUT2D eigenvalue weighted by molar-refractivity contribution is 0.00304. The van der Waals surface area contributed by atoms with Crippen molar-refractivity contribution in [1.29, 1.82) is 0 Å². The van der Waals surface area contributed by atoms with Crippen LogP contribution >= 0.6 is 0 Å². The predicted molar refractivity (Wildman–Crippen MR) is 66.4 cm³/mol. The highest BCUT2D eigenvalue weighted by Gasteiger charge is 2.24. The molecule has 0 bridgehead atoms. The fraction of sp³-hybridized carbons (Fsp3) is 1.00. The number of hydrogen-bond donors (Lipinski definition) is 3. The third kappa shape index (κ3) is 15.8. The fourth-order valence-corrected chi connectivity index (χ4v) is 0.485. The summed E-state index contributed by atoms with van der Waals surface area (Å²) >= 11 is 0. The van der Waals surface area contributed by atoms with E-state index in [1.165, 1.54) is 0 Å². The van der Waals surface area contributed by atoms with E-state index >= 15 is 0 Å². The van der Waals surface area contributed by atoms with Crippen LogP contribution in [0.15, 0.2) is 0 Å². The minimum atomic E-state index is -0.667. The van der Waals surface area contributed by atoms with E-state index in [1.807, 2.05) is 6.92 Å². The summed E-state index contributed by atoms with van der Waals surface area (Å²) in [5, 5.41) is 26.0. The lowest BCUT2D eigenvalue weighted by atomic mass is 9.88. The van der Waals surface area contributed by atoms with Gasteiger partial charge in [0.15, 0.2) is 0 Å². The van der Waals surface area contributed by atoms with Gasteiger partial charge in [-0.1, -0.05) is 6.92 Å². The first-order chi connectivity index (χ1) is 8.74. The maximum atomic E-state index is 8.66. The Balaban J connectivity index is 0.000000253. The molecule has 3 saturated heterocycles. The maximum absolute atomic E-state index is 8.66. The Labute approximate surface area is 108 Å². The molecule has 0 radical (unpaired) electrons. The summed E-state index contributed by atoms with van der Waals surface area (Å²) in [4.78, 5) is 0. The van der Waals surface area contributed by atoms with E-state index in [0.29, 0.717) is 6.42 Å². The van der Waals surface area contributed by atoms with Crippen LogP contribution in [0, 0.1) is 5.41 Å². The van der Waals surface area contributed by atoms with E-state index < -0.39 is 5.41 Å². The molecule has 3 N–H and O–H groups in total. The maximum Gasteiger partial charge on any atom is 0.0701 e. The molecule has 0 spiro atoms. The molecular weight excluding hydrogens is 240 g/mol. The molecule has 3 heterocycles. The van der Waals surface area contributed by atoms with Crippen LogP contribution in [-0.2, 0) is 14.2 Å². The summed E-state index contributed by atoms with van der Waals surface area (Å²) in [6, 6.07) is 0. The van der Waals surface area contributed by atoms with Gasteiger partial charge < -0.3 is 29.5 Å². The fourth-order valence-electron chi connectivity index (χ4n) is 0.485. The number of rotatable bonds is 4. The zero-order valence-electron chi connectivity index (χ0n) is 11.1. The van der Waals surface area contributed by atoms with Crippen molar-refractivity contribution in [3.63, 3.8) is 0 Å². The lowest BCUT2D eigenvalue weighted by Crippen LogP contribution is -2.32. The van der Waals surface area contributed by atoms with Gasteiger partial charge in [0.05, 0.1) is 59.5 Å². The molecule has 0 aromatic heterocycles. The second kappa shape index (κ2) is 11.8. The molecule has 0 aromatic rings. The third-order valence-corrected chi connectivity index (χ3v) is 2.37. The van der Waals surface area contributed by atoms with Gasteiger partial charge in [-0.25, -0.2) is 0 Å². The molecule has 3 aliphatic heterocycles. The zero-order chi connectivity index (χ0) is 13.7. The average molecular weight is 266 g/mol. The molecule has 0 unspecified atom stereocenters. The van der Waals surface area contributed by atoms with Crippen LogP contribution in [0.5, 0.6) is 0 Å². The SMILES string of the molecule is C1CO1.C1CO1.C1CO1.CCC(CO)(CO)CO. The summed E-state index contributed by atoms with van der Waals surface area (Å²) in [5.74, 6) is 0. The molecule has 3 rings (SSSR count). The van der Waals surface area contributed by atoms with Gasteiger partial charge in [-0.15, -0.1) is 0 Å². The van der Waals surface area contributed by atoms with Crippen molar-refractivity contribution < 1.29 is 29.5 Å². The van der Waals surface area contributed by atoms with Gasteiger partial charge in [-0.05, 0) is 6.42 Å². The van der Waals surface area contributed by atoms with Gasteiger partial charge in [0.25, 0.3) is 0 Å². The van der Waals surface area contributed by atoms with Crippen molar-refractivity contribution in [2.24, 2.45) is 5.41 Å². The molecule has 0 aromatic carbocycles. The van der Waals surface area contributed by atoms with Crippen molar-refractivity contribution in [3.05, 3.63) is 0 Å². The number of hydrogen-bond acceptors (Lipinski definition) is 6. The van der Waals surface area contributed by atoms with Gasteiger partial charge in [-0.3, -0.25) is 0 Å². The highest BCUT2D eigenvalue weighted by Crippen LogP contribution is 2.18. The van der Waals surface area contributed by atoms with Crippen molar-refractivity contribution in [2.45, 2.75) is 13.3 Å². The van der Waals surface area contributed by atoms with Crippen molar-refractivity contribution in [2.75, 3.05) is 59.5 Å². The molecule has 3 aliphatic rings. The lowest BCUT2D eigenvalue weighted by Gasteiger charge is -2.24. The first kappa shape index (κ1) is 17.8. The normalized spacial score (nSPS) is 18.0. The van der Waals surface area contributed by atoms with Crippen LogP contribution in [0.2, 0.25) is 0 Å². The topological polar surface area (TPSA) is 98.3 Å². The van der Waals surface area contributed by atoms with Gasteiger partial charge >= 0.3 is 0 Å². The summed E-state index contributed by atoms with van der Waals surface area (Å²) in [7, 11) is 0. The number of ether oxygens (including phenoxy) is 3. The standard InChI is InChI=1S/C6H14O3.3C2H4O/c1-2-6(3-7,4-8)5-9;3*1-2-3-1/h7-9H,2-5H2,1H3;3*1-2H2. The Morgan fingerprint density at radius 2 is 0.944 bits per heavy atom.